The van der Waals surface area contributed by atoms with Crippen molar-refractivity contribution >= 4 is 45.0 Å². The molecule has 0 radical (unpaired) electrons. The number of halogens is 2. The van der Waals surface area contributed by atoms with Gasteiger partial charge in [-0.2, -0.15) is 0 Å². The zero-order valence-electron chi connectivity index (χ0n) is 11.0. The van der Waals surface area contributed by atoms with Crippen molar-refractivity contribution in [1.82, 2.24) is 4.98 Å². The highest BCUT2D eigenvalue weighted by Crippen LogP contribution is 2.35. The average molecular weight is 312 g/mol. The van der Waals surface area contributed by atoms with Crippen LogP contribution < -0.4 is 0 Å². The summed E-state index contributed by atoms with van der Waals surface area (Å²) in [5.74, 6) is 0. The number of aromatic nitrogens is 1. The van der Waals surface area contributed by atoms with Crippen LogP contribution in [0.2, 0.25) is 10.0 Å². The van der Waals surface area contributed by atoms with Crippen LogP contribution in [0.4, 0.5) is 0 Å². The van der Waals surface area contributed by atoms with Crippen LogP contribution in [0, 0.1) is 0 Å². The van der Waals surface area contributed by atoms with E-state index in [1.54, 1.807) is 6.07 Å². The van der Waals surface area contributed by atoms with Crippen LogP contribution in [0.15, 0.2) is 60.7 Å². The van der Waals surface area contributed by atoms with Gasteiger partial charge >= 0.3 is 0 Å². The number of rotatable bonds is 1. The fraction of sp³-hybridized carbons (Fsp3) is 0. The Morgan fingerprint density at radius 1 is 0.714 bits per heavy atom. The van der Waals surface area contributed by atoms with Gasteiger partial charge in [0.05, 0.1) is 5.52 Å². The first-order valence-corrected chi connectivity index (χ1v) is 7.44. The first kappa shape index (κ1) is 12.8. The van der Waals surface area contributed by atoms with Crippen molar-refractivity contribution in [2.45, 2.75) is 0 Å². The second-order valence-electron chi connectivity index (χ2n) is 5.06. The topological polar surface area (TPSA) is 15.8 Å². The standard InChI is InChI=1S/C18H11Cl2N/c19-12-8-11(9-13(20)10-12)14-5-3-6-16-15-4-1-2-7-17(15)21-18(14)16/h1-10,21H. The third-order valence-electron chi connectivity index (χ3n) is 3.71. The summed E-state index contributed by atoms with van der Waals surface area (Å²) in [5, 5.41) is 3.72. The SMILES string of the molecule is Clc1cc(Cl)cc(-c2cccc3c2[nH]c2ccccc23)c1. The second kappa shape index (κ2) is 4.80. The molecule has 0 unspecified atom stereocenters. The van der Waals surface area contributed by atoms with Crippen molar-refractivity contribution in [2.24, 2.45) is 0 Å². The van der Waals surface area contributed by atoms with Gasteiger partial charge in [0.15, 0.2) is 0 Å². The van der Waals surface area contributed by atoms with Gasteiger partial charge in [-0.1, -0.05) is 59.6 Å². The monoisotopic (exact) mass is 311 g/mol. The Balaban J connectivity index is 2.09. The number of hydrogen-bond donors (Lipinski definition) is 1. The molecule has 0 aliphatic heterocycles. The average Bonchev–Trinajstić information content (AvgIpc) is 2.84. The van der Waals surface area contributed by atoms with Crippen molar-refractivity contribution < 1.29 is 0 Å². The van der Waals surface area contributed by atoms with E-state index >= 15 is 0 Å². The van der Waals surface area contributed by atoms with E-state index in [1.807, 2.05) is 18.2 Å². The van der Waals surface area contributed by atoms with Crippen molar-refractivity contribution in [1.29, 1.82) is 0 Å². The molecule has 4 rings (SSSR count). The van der Waals surface area contributed by atoms with Gasteiger partial charge in [-0.25, -0.2) is 0 Å². The maximum absolute atomic E-state index is 6.14. The Morgan fingerprint density at radius 3 is 2.24 bits per heavy atom. The van der Waals surface area contributed by atoms with Crippen molar-refractivity contribution in [3.05, 3.63) is 70.7 Å². The van der Waals surface area contributed by atoms with Gasteiger partial charge in [-0.3, -0.25) is 0 Å². The van der Waals surface area contributed by atoms with Crippen LogP contribution in [0.25, 0.3) is 32.9 Å². The fourth-order valence-electron chi connectivity index (χ4n) is 2.82. The highest BCUT2D eigenvalue weighted by molar-refractivity contribution is 6.35. The van der Waals surface area contributed by atoms with E-state index in [9.17, 15) is 0 Å². The number of hydrogen-bond acceptors (Lipinski definition) is 0. The van der Waals surface area contributed by atoms with E-state index in [2.05, 4.69) is 41.4 Å². The Morgan fingerprint density at radius 2 is 1.43 bits per heavy atom. The molecule has 4 aromatic rings. The van der Waals surface area contributed by atoms with Crippen LogP contribution in [-0.4, -0.2) is 4.98 Å². The third-order valence-corrected chi connectivity index (χ3v) is 4.15. The van der Waals surface area contributed by atoms with E-state index in [0.717, 1.165) is 22.2 Å². The summed E-state index contributed by atoms with van der Waals surface area (Å²) in [6.07, 6.45) is 0. The molecule has 0 atom stereocenters. The number of para-hydroxylation sites is 2. The first-order valence-electron chi connectivity index (χ1n) is 6.68. The molecule has 0 bridgehead atoms. The van der Waals surface area contributed by atoms with Crippen LogP contribution in [-0.2, 0) is 0 Å². The lowest BCUT2D eigenvalue weighted by Crippen LogP contribution is -1.81. The summed E-state index contributed by atoms with van der Waals surface area (Å²) in [7, 11) is 0. The maximum atomic E-state index is 6.14. The minimum atomic E-state index is 0.644. The quantitative estimate of drug-likeness (QED) is 0.425. The van der Waals surface area contributed by atoms with Crippen molar-refractivity contribution in [3.63, 3.8) is 0 Å². The van der Waals surface area contributed by atoms with Gasteiger partial charge in [0.2, 0.25) is 0 Å². The number of nitrogens with one attached hydrogen (secondary N) is 1. The van der Waals surface area contributed by atoms with Gasteiger partial charge in [0.25, 0.3) is 0 Å². The van der Waals surface area contributed by atoms with Gasteiger partial charge in [0, 0.05) is 31.9 Å². The summed E-state index contributed by atoms with van der Waals surface area (Å²) in [4.78, 5) is 3.50. The van der Waals surface area contributed by atoms with Gasteiger partial charge in [-0.15, -0.1) is 0 Å². The molecule has 0 saturated heterocycles. The molecule has 102 valence electrons. The van der Waals surface area contributed by atoms with E-state index in [0.29, 0.717) is 10.0 Å². The predicted octanol–water partition coefficient (Wildman–Crippen LogP) is 6.29. The van der Waals surface area contributed by atoms with E-state index in [-0.39, 0.29) is 0 Å². The molecule has 3 aromatic carbocycles. The fourth-order valence-corrected chi connectivity index (χ4v) is 3.35. The highest BCUT2D eigenvalue weighted by atomic mass is 35.5. The molecule has 3 heteroatoms. The zero-order chi connectivity index (χ0) is 14.4. The Labute approximate surface area is 132 Å². The van der Waals surface area contributed by atoms with Crippen molar-refractivity contribution in [3.8, 4) is 11.1 Å². The summed E-state index contributed by atoms with van der Waals surface area (Å²) in [6, 6.07) is 20.2. The summed E-state index contributed by atoms with van der Waals surface area (Å²) in [5.41, 5.74) is 4.36. The lowest BCUT2D eigenvalue weighted by atomic mass is 10.0. The largest absolute Gasteiger partial charge is 0.354 e. The molecule has 1 aromatic heterocycles. The molecule has 0 saturated carbocycles. The molecule has 0 aliphatic rings. The minimum absolute atomic E-state index is 0.644. The van der Waals surface area contributed by atoms with Crippen LogP contribution >= 0.6 is 23.2 Å². The summed E-state index contributed by atoms with van der Waals surface area (Å²) < 4.78 is 0. The Hall–Kier alpha value is -1.96. The predicted molar refractivity (Wildman–Crippen MR) is 91.3 cm³/mol. The number of aromatic amines is 1. The smallest absolute Gasteiger partial charge is 0.0544 e. The molecule has 1 N–H and O–H groups in total. The molecule has 0 aliphatic carbocycles. The lowest BCUT2D eigenvalue weighted by Gasteiger charge is -2.05. The number of H-pyrrole nitrogens is 1. The van der Waals surface area contributed by atoms with Gasteiger partial charge in [-0.05, 0) is 29.8 Å². The molecular weight excluding hydrogens is 301 g/mol. The summed E-state index contributed by atoms with van der Waals surface area (Å²) >= 11 is 12.3. The molecule has 0 amide bonds. The minimum Gasteiger partial charge on any atom is -0.354 e. The van der Waals surface area contributed by atoms with E-state index in [4.69, 9.17) is 23.2 Å². The van der Waals surface area contributed by atoms with E-state index < -0.39 is 0 Å². The van der Waals surface area contributed by atoms with Crippen LogP contribution in [0.1, 0.15) is 0 Å². The van der Waals surface area contributed by atoms with Crippen LogP contribution in [0.5, 0.6) is 0 Å². The molecule has 1 nitrogen and oxygen atoms in total. The molecule has 1 heterocycles. The molecule has 21 heavy (non-hydrogen) atoms. The molecule has 0 spiro atoms. The second-order valence-corrected chi connectivity index (χ2v) is 5.93. The third kappa shape index (κ3) is 2.10. The molecule has 0 fully saturated rings. The maximum Gasteiger partial charge on any atom is 0.0544 e. The highest BCUT2D eigenvalue weighted by Gasteiger charge is 2.10. The van der Waals surface area contributed by atoms with Crippen LogP contribution in [0.3, 0.4) is 0 Å². The first-order chi connectivity index (χ1) is 10.2. The number of fused-ring (bicyclic) bond motifs is 3. The number of benzene rings is 3. The lowest BCUT2D eigenvalue weighted by molar-refractivity contribution is 1.53. The Kier molecular flexibility index (Phi) is 2.91. The van der Waals surface area contributed by atoms with E-state index in [1.165, 1.54) is 10.8 Å². The summed E-state index contributed by atoms with van der Waals surface area (Å²) in [6.45, 7) is 0. The molecular formula is C18H11Cl2N. The Bertz CT molecular complexity index is 949. The zero-order valence-corrected chi connectivity index (χ0v) is 12.5. The normalized spacial score (nSPS) is 11.3. The van der Waals surface area contributed by atoms with Gasteiger partial charge < -0.3 is 4.98 Å². The van der Waals surface area contributed by atoms with Crippen molar-refractivity contribution in [2.75, 3.05) is 0 Å². The van der Waals surface area contributed by atoms with Gasteiger partial charge in [0.1, 0.15) is 0 Å².